The molecule has 2 heteroatoms. The molecule has 9 heavy (non-hydrogen) atoms. The highest BCUT2D eigenvalue weighted by molar-refractivity contribution is 7.05. The van der Waals surface area contributed by atoms with Crippen LogP contribution >= 0.6 is 11.5 Å². The standard InChI is InChI=1S/C7H9NS/c1-5-6-3-2-4-7(6)8-9-5/h2-4H2,1H3. The van der Waals surface area contributed by atoms with Crippen LogP contribution in [0.5, 0.6) is 0 Å². The van der Waals surface area contributed by atoms with Gasteiger partial charge in [-0.3, -0.25) is 0 Å². The molecule has 2 rings (SSSR count). The molecule has 48 valence electrons. The quantitative estimate of drug-likeness (QED) is 0.535. The molecule has 1 heterocycles. The first-order valence-electron chi connectivity index (χ1n) is 3.32. The predicted octanol–water partition coefficient (Wildman–Crippen LogP) is 1.94. The third kappa shape index (κ3) is 0.697. The van der Waals surface area contributed by atoms with Gasteiger partial charge in [-0.15, -0.1) is 0 Å². The molecule has 0 saturated carbocycles. The SMILES string of the molecule is Cc1snc2c1CCC2. The first-order chi connectivity index (χ1) is 4.38. The lowest BCUT2D eigenvalue weighted by Crippen LogP contribution is -1.75. The summed E-state index contributed by atoms with van der Waals surface area (Å²) in [6.45, 7) is 2.17. The monoisotopic (exact) mass is 139 g/mol. The van der Waals surface area contributed by atoms with Crippen LogP contribution in [-0.4, -0.2) is 4.37 Å². The third-order valence-corrected chi connectivity index (χ3v) is 2.74. The second-order valence-electron chi connectivity index (χ2n) is 2.52. The minimum absolute atomic E-state index is 1.22. The van der Waals surface area contributed by atoms with Crippen LogP contribution in [0.4, 0.5) is 0 Å². The zero-order chi connectivity index (χ0) is 6.27. The molecular formula is C7H9NS. The second-order valence-corrected chi connectivity index (χ2v) is 3.50. The molecule has 0 amide bonds. The summed E-state index contributed by atoms with van der Waals surface area (Å²) in [5.74, 6) is 0. The van der Waals surface area contributed by atoms with Crippen LogP contribution in [0, 0.1) is 6.92 Å². The van der Waals surface area contributed by atoms with E-state index in [-0.39, 0.29) is 0 Å². The molecule has 1 aromatic rings. The zero-order valence-corrected chi connectivity index (χ0v) is 6.29. The van der Waals surface area contributed by atoms with Gasteiger partial charge in [0.05, 0.1) is 5.69 Å². The smallest absolute Gasteiger partial charge is 0.0577 e. The van der Waals surface area contributed by atoms with Gasteiger partial charge in [0.25, 0.3) is 0 Å². The Hall–Kier alpha value is -0.370. The molecule has 0 bridgehead atoms. The molecule has 0 spiro atoms. The van der Waals surface area contributed by atoms with E-state index in [2.05, 4.69) is 11.3 Å². The fourth-order valence-electron chi connectivity index (χ4n) is 1.39. The summed E-state index contributed by atoms with van der Waals surface area (Å²) in [5.41, 5.74) is 2.91. The molecule has 0 N–H and O–H groups in total. The lowest BCUT2D eigenvalue weighted by Gasteiger charge is -1.85. The Kier molecular flexibility index (Phi) is 1.09. The topological polar surface area (TPSA) is 12.9 Å². The van der Waals surface area contributed by atoms with Crippen LogP contribution in [0.25, 0.3) is 0 Å². The molecule has 1 aliphatic rings. The molecule has 0 saturated heterocycles. The summed E-state index contributed by atoms with van der Waals surface area (Å²) in [4.78, 5) is 1.43. The minimum Gasteiger partial charge on any atom is -0.197 e. The molecule has 0 atom stereocenters. The summed E-state index contributed by atoms with van der Waals surface area (Å²) in [6, 6.07) is 0. The summed E-state index contributed by atoms with van der Waals surface area (Å²) in [7, 11) is 0. The van der Waals surface area contributed by atoms with Crippen molar-refractivity contribution in [3.63, 3.8) is 0 Å². The Labute approximate surface area is 58.9 Å². The Bertz CT molecular complexity index is 227. The summed E-state index contributed by atoms with van der Waals surface area (Å²) >= 11 is 1.66. The van der Waals surface area contributed by atoms with Gasteiger partial charge in [-0.2, -0.15) is 4.37 Å². The van der Waals surface area contributed by atoms with E-state index >= 15 is 0 Å². The molecular weight excluding hydrogens is 130 g/mol. The van der Waals surface area contributed by atoms with Crippen LogP contribution in [0.15, 0.2) is 0 Å². The van der Waals surface area contributed by atoms with Gasteiger partial charge in [0.15, 0.2) is 0 Å². The van der Waals surface area contributed by atoms with Gasteiger partial charge in [0.1, 0.15) is 0 Å². The van der Waals surface area contributed by atoms with Crippen LogP contribution in [0.1, 0.15) is 22.6 Å². The number of nitrogens with zero attached hydrogens (tertiary/aromatic N) is 1. The van der Waals surface area contributed by atoms with Crippen molar-refractivity contribution in [1.82, 2.24) is 4.37 Å². The highest BCUT2D eigenvalue weighted by Gasteiger charge is 2.15. The first-order valence-corrected chi connectivity index (χ1v) is 4.09. The number of aromatic nitrogens is 1. The van der Waals surface area contributed by atoms with Crippen LogP contribution in [0.3, 0.4) is 0 Å². The number of aryl methyl sites for hydroxylation is 2. The van der Waals surface area contributed by atoms with Crippen molar-refractivity contribution in [2.45, 2.75) is 26.2 Å². The summed E-state index contributed by atoms with van der Waals surface area (Å²) in [5, 5.41) is 0. The number of fused-ring (bicyclic) bond motifs is 1. The van der Waals surface area contributed by atoms with Crippen molar-refractivity contribution in [1.29, 1.82) is 0 Å². The van der Waals surface area contributed by atoms with Gasteiger partial charge in [-0.25, -0.2) is 0 Å². The van der Waals surface area contributed by atoms with E-state index in [1.54, 1.807) is 17.1 Å². The molecule has 1 aliphatic carbocycles. The fraction of sp³-hybridized carbons (Fsp3) is 0.571. The Balaban J connectivity index is 2.56. The third-order valence-electron chi connectivity index (χ3n) is 1.91. The molecule has 0 aliphatic heterocycles. The van der Waals surface area contributed by atoms with Gasteiger partial charge in [0, 0.05) is 4.88 Å². The highest BCUT2D eigenvalue weighted by atomic mass is 32.1. The van der Waals surface area contributed by atoms with E-state index < -0.39 is 0 Å². The molecule has 0 fully saturated rings. The largest absolute Gasteiger partial charge is 0.197 e. The average molecular weight is 139 g/mol. The maximum atomic E-state index is 4.34. The molecule has 0 unspecified atom stereocenters. The maximum absolute atomic E-state index is 4.34. The number of hydrogen-bond acceptors (Lipinski definition) is 2. The van der Waals surface area contributed by atoms with Gasteiger partial charge < -0.3 is 0 Å². The highest BCUT2D eigenvalue weighted by Crippen LogP contribution is 2.26. The van der Waals surface area contributed by atoms with Gasteiger partial charge in [-0.05, 0) is 43.3 Å². The van der Waals surface area contributed by atoms with Crippen molar-refractivity contribution >= 4 is 11.5 Å². The molecule has 1 nitrogen and oxygen atoms in total. The Morgan fingerprint density at radius 2 is 2.33 bits per heavy atom. The Morgan fingerprint density at radius 3 is 3.11 bits per heavy atom. The minimum atomic E-state index is 1.22. The molecule has 0 aromatic carbocycles. The van der Waals surface area contributed by atoms with E-state index in [9.17, 15) is 0 Å². The lowest BCUT2D eigenvalue weighted by atomic mass is 10.2. The summed E-state index contributed by atoms with van der Waals surface area (Å²) in [6.07, 6.45) is 3.82. The van der Waals surface area contributed by atoms with E-state index in [0.29, 0.717) is 0 Å². The Morgan fingerprint density at radius 1 is 1.44 bits per heavy atom. The average Bonchev–Trinajstić information content (AvgIpc) is 2.35. The normalized spacial score (nSPS) is 16.1. The number of rotatable bonds is 0. The van der Waals surface area contributed by atoms with Crippen LogP contribution in [0.2, 0.25) is 0 Å². The van der Waals surface area contributed by atoms with Crippen molar-refractivity contribution in [2.24, 2.45) is 0 Å². The van der Waals surface area contributed by atoms with Crippen molar-refractivity contribution in [2.75, 3.05) is 0 Å². The second kappa shape index (κ2) is 1.81. The van der Waals surface area contributed by atoms with E-state index in [0.717, 1.165) is 0 Å². The van der Waals surface area contributed by atoms with Gasteiger partial charge >= 0.3 is 0 Å². The molecule has 0 radical (unpaired) electrons. The fourth-order valence-corrected chi connectivity index (χ4v) is 2.17. The predicted molar refractivity (Wildman–Crippen MR) is 38.9 cm³/mol. The summed E-state index contributed by atoms with van der Waals surface area (Å²) < 4.78 is 4.34. The number of hydrogen-bond donors (Lipinski definition) is 0. The van der Waals surface area contributed by atoms with E-state index in [1.165, 1.54) is 29.8 Å². The van der Waals surface area contributed by atoms with Crippen molar-refractivity contribution < 1.29 is 0 Å². The van der Waals surface area contributed by atoms with E-state index in [4.69, 9.17) is 0 Å². The maximum Gasteiger partial charge on any atom is 0.0577 e. The lowest BCUT2D eigenvalue weighted by molar-refractivity contribution is 0.899. The molecule has 1 aromatic heterocycles. The van der Waals surface area contributed by atoms with Gasteiger partial charge in [-0.1, -0.05) is 0 Å². The van der Waals surface area contributed by atoms with Crippen molar-refractivity contribution in [3.8, 4) is 0 Å². The van der Waals surface area contributed by atoms with Crippen molar-refractivity contribution in [3.05, 3.63) is 16.1 Å². The van der Waals surface area contributed by atoms with Crippen LogP contribution < -0.4 is 0 Å². The van der Waals surface area contributed by atoms with Gasteiger partial charge in [0.2, 0.25) is 0 Å². The van der Waals surface area contributed by atoms with Crippen LogP contribution in [-0.2, 0) is 12.8 Å². The van der Waals surface area contributed by atoms with E-state index in [1.807, 2.05) is 0 Å². The zero-order valence-electron chi connectivity index (χ0n) is 5.48. The first kappa shape index (κ1) is 5.42.